The lowest BCUT2D eigenvalue weighted by molar-refractivity contribution is 0.0812. The van der Waals surface area contributed by atoms with Gasteiger partial charge in [-0.1, -0.05) is 24.1 Å². The molecular formula is C25H21N5O2S. The Hall–Kier alpha value is -4.09. The molecule has 0 saturated carbocycles. The Balaban J connectivity index is 1.55. The Labute approximate surface area is 195 Å². The van der Waals surface area contributed by atoms with E-state index in [1.54, 1.807) is 44.4 Å². The summed E-state index contributed by atoms with van der Waals surface area (Å²) in [6.07, 6.45) is 7.46. The maximum atomic E-state index is 13.1. The number of aryl methyl sites for hydroxylation is 1. The van der Waals surface area contributed by atoms with Crippen LogP contribution >= 0.6 is 11.5 Å². The SMILES string of the molecule is C#CCN(C)C(=O)c1cccc(NC(=O)c2c(C)nsc2Cc2cnc3ccccc3n2)c1. The van der Waals surface area contributed by atoms with Gasteiger partial charge in [-0.15, -0.1) is 6.42 Å². The summed E-state index contributed by atoms with van der Waals surface area (Å²) < 4.78 is 4.38. The van der Waals surface area contributed by atoms with E-state index < -0.39 is 0 Å². The number of para-hydroxylation sites is 2. The van der Waals surface area contributed by atoms with E-state index in [1.165, 1.54) is 16.4 Å². The fraction of sp³-hybridized carbons (Fsp3) is 0.160. The van der Waals surface area contributed by atoms with Gasteiger partial charge in [-0.05, 0) is 48.8 Å². The van der Waals surface area contributed by atoms with Gasteiger partial charge >= 0.3 is 0 Å². The minimum atomic E-state index is -0.286. The second-order valence-electron chi connectivity index (χ2n) is 7.49. The molecule has 2 heterocycles. The molecule has 0 atom stereocenters. The van der Waals surface area contributed by atoms with Crippen molar-refractivity contribution in [3.63, 3.8) is 0 Å². The van der Waals surface area contributed by atoms with Crippen molar-refractivity contribution in [3.8, 4) is 12.3 Å². The highest BCUT2D eigenvalue weighted by atomic mass is 32.1. The number of rotatable bonds is 6. The molecule has 4 rings (SSSR count). The maximum Gasteiger partial charge on any atom is 0.258 e. The number of carbonyl (C=O) groups excluding carboxylic acids is 2. The largest absolute Gasteiger partial charge is 0.331 e. The number of anilines is 1. The quantitative estimate of drug-likeness (QED) is 0.445. The number of benzene rings is 2. The van der Waals surface area contributed by atoms with Gasteiger partial charge in [0.2, 0.25) is 0 Å². The summed E-state index contributed by atoms with van der Waals surface area (Å²) in [5.74, 6) is 1.95. The van der Waals surface area contributed by atoms with Crippen LogP contribution < -0.4 is 5.32 Å². The summed E-state index contributed by atoms with van der Waals surface area (Å²) in [6.45, 7) is 2.01. The van der Waals surface area contributed by atoms with Gasteiger partial charge in [0.25, 0.3) is 11.8 Å². The maximum absolute atomic E-state index is 13.1. The van der Waals surface area contributed by atoms with Crippen molar-refractivity contribution < 1.29 is 9.59 Å². The molecule has 2 aromatic heterocycles. The predicted molar refractivity (Wildman–Crippen MR) is 129 cm³/mol. The second-order valence-corrected chi connectivity index (χ2v) is 8.35. The zero-order chi connectivity index (χ0) is 23.4. The van der Waals surface area contributed by atoms with E-state index in [1.807, 2.05) is 24.3 Å². The number of hydrogen-bond donors (Lipinski definition) is 1. The highest BCUT2D eigenvalue weighted by Crippen LogP contribution is 2.24. The van der Waals surface area contributed by atoms with Gasteiger partial charge in [-0.25, -0.2) is 4.98 Å². The Bertz CT molecular complexity index is 1390. The van der Waals surface area contributed by atoms with Crippen molar-refractivity contribution in [1.29, 1.82) is 0 Å². The third kappa shape index (κ3) is 4.89. The molecule has 2 aromatic carbocycles. The standard InChI is InChI=1S/C25H21N5O2S/c1-4-12-30(3)25(32)17-8-7-9-18(13-17)28-24(31)23-16(2)29-33-22(23)14-19-15-26-20-10-5-6-11-21(20)27-19/h1,5-11,13,15H,12,14H2,2-3H3,(H,28,31). The minimum absolute atomic E-state index is 0.205. The Morgan fingerprint density at radius 2 is 1.94 bits per heavy atom. The zero-order valence-corrected chi connectivity index (χ0v) is 19.0. The number of aromatic nitrogens is 3. The van der Waals surface area contributed by atoms with Crippen molar-refractivity contribution >= 4 is 40.1 Å². The fourth-order valence-electron chi connectivity index (χ4n) is 3.43. The van der Waals surface area contributed by atoms with Crippen LogP contribution in [0.2, 0.25) is 0 Å². The first-order valence-corrected chi connectivity index (χ1v) is 11.0. The lowest BCUT2D eigenvalue weighted by atomic mass is 10.1. The number of carbonyl (C=O) groups is 2. The molecule has 0 aliphatic heterocycles. The Kier molecular flexibility index (Phi) is 6.43. The molecule has 0 saturated heterocycles. The molecule has 0 fully saturated rings. The summed E-state index contributed by atoms with van der Waals surface area (Å²) in [5.41, 5.74) is 4.49. The molecule has 164 valence electrons. The number of hydrogen-bond acceptors (Lipinski definition) is 6. The summed E-state index contributed by atoms with van der Waals surface area (Å²) >= 11 is 1.27. The van der Waals surface area contributed by atoms with E-state index in [-0.39, 0.29) is 18.4 Å². The minimum Gasteiger partial charge on any atom is -0.331 e. The lowest BCUT2D eigenvalue weighted by Gasteiger charge is -2.14. The smallest absolute Gasteiger partial charge is 0.258 e. The van der Waals surface area contributed by atoms with E-state index in [2.05, 4.69) is 25.6 Å². The van der Waals surface area contributed by atoms with Gasteiger partial charge in [0.05, 0.1) is 34.5 Å². The highest BCUT2D eigenvalue weighted by molar-refractivity contribution is 7.06. The molecule has 2 amide bonds. The second kappa shape index (κ2) is 9.59. The Morgan fingerprint density at radius 3 is 2.73 bits per heavy atom. The predicted octanol–water partition coefficient (Wildman–Crippen LogP) is 3.94. The monoisotopic (exact) mass is 455 g/mol. The first-order chi connectivity index (χ1) is 16.0. The van der Waals surface area contributed by atoms with Gasteiger partial charge in [-0.3, -0.25) is 14.6 Å². The highest BCUT2D eigenvalue weighted by Gasteiger charge is 2.20. The number of nitrogens with one attached hydrogen (secondary N) is 1. The average molecular weight is 456 g/mol. The fourth-order valence-corrected chi connectivity index (χ4v) is 4.31. The lowest BCUT2D eigenvalue weighted by Crippen LogP contribution is -2.27. The van der Waals surface area contributed by atoms with Crippen LogP contribution in [0.25, 0.3) is 11.0 Å². The van der Waals surface area contributed by atoms with Gasteiger partial charge in [0.1, 0.15) is 0 Å². The Morgan fingerprint density at radius 1 is 1.15 bits per heavy atom. The van der Waals surface area contributed by atoms with E-state index in [0.717, 1.165) is 21.6 Å². The molecule has 4 aromatic rings. The van der Waals surface area contributed by atoms with Gasteiger partial charge in [-0.2, -0.15) is 4.37 Å². The van der Waals surface area contributed by atoms with Crippen LogP contribution in [0.1, 0.15) is 37.0 Å². The number of nitrogens with zero attached hydrogens (tertiary/aromatic N) is 4. The summed E-state index contributed by atoms with van der Waals surface area (Å²) in [4.78, 5) is 37.0. The summed E-state index contributed by atoms with van der Waals surface area (Å²) in [5, 5.41) is 2.89. The van der Waals surface area contributed by atoms with Gasteiger partial charge in [0.15, 0.2) is 0 Å². The van der Waals surface area contributed by atoms with Crippen molar-refractivity contribution in [2.75, 3.05) is 18.9 Å². The molecule has 33 heavy (non-hydrogen) atoms. The topological polar surface area (TPSA) is 88.1 Å². The molecule has 0 radical (unpaired) electrons. The molecule has 0 aliphatic rings. The molecular weight excluding hydrogens is 434 g/mol. The molecule has 0 bridgehead atoms. The first kappa shape index (κ1) is 22.1. The van der Waals surface area contributed by atoms with Crippen molar-refractivity contribution in [2.24, 2.45) is 0 Å². The third-order valence-corrected chi connectivity index (χ3v) is 5.98. The van der Waals surface area contributed by atoms with E-state index in [4.69, 9.17) is 6.42 Å². The van der Waals surface area contributed by atoms with Crippen LogP contribution in [0.3, 0.4) is 0 Å². The van der Waals surface area contributed by atoms with Gasteiger partial charge < -0.3 is 10.2 Å². The van der Waals surface area contributed by atoms with E-state index >= 15 is 0 Å². The van der Waals surface area contributed by atoms with Crippen LogP contribution in [0.15, 0.2) is 54.7 Å². The number of amides is 2. The molecule has 0 unspecified atom stereocenters. The van der Waals surface area contributed by atoms with Crippen LogP contribution in [0, 0.1) is 19.3 Å². The van der Waals surface area contributed by atoms with Crippen LogP contribution in [0.4, 0.5) is 5.69 Å². The van der Waals surface area contributed by atoms with Gasteiger partial charge in [0, 0.05) is 35.8 Å². The summed E-state index contributed by atoms with van der Waals surface area (Å²) in [7, 11) is 1.63. The molecule has 7 nitrogen and oxygen atoms in total. The van der Waals surface area contributed by atoms with E-state index in [9.17, 15) is 9.59 Å². The van der Waals surface area contributed by atoms with Crippen LogP contribution in [0.5, 0.6) is 0 Å². The van der Waals surface area contributed by atoms with Crippen molar-refractivity contribution in [1.82, 2.24) is 19.2 Å². The third-order valence-electron chi connectivity index (χ3n) is 5.04. The van der Waals surface area contributed by atoms with E-state index in [0.29, 0.717) is 28.9 Å². The van der Waals surface area contributed by atoms with Crippen molar-refractivity contribution in [3.05, 3.63) is 82.1 Å². The first-order valence-electron chi connectivity index (χ1n) is 10.2. The van der Waals surface area contributed by atoms with Crippen LogP contribution in [-0.2, 0) is 6.42 Å². The molecule has 8 heteroatoms. The zero-order valence-electron chi connectivity index (χ0n) is 18.2. The summed E-state index contributed by atoms with van der Waals surface area (Å²) in [6, 6.07) is 14.4. The molecule has 0 aliphatic carbocycles. The molecule has 0 spiro atoms. The number of fused-ring (bicyclic) bond motifs is 1. The van der Waals surface area contributed by atoms with Crippen LogP contribution in [-0.4, -0.2) is 44.6 Å². The normalized spacial score (nSPS) is 10.6. The van der Waals surface area contributed by atoms with Crippen molar-refractivity contribution in [2.45, 2.75) is 13.3 Å². The average Bonchev–Trinajstić information content (AvgIpc) is 3.18. The molecule has 1 N–H and O–H groups in total. The number of terminal acetylenes is 1.